The molecule has 0 saturated carbocycles. The van der Waals surface area contributed by atoms with E-state index in [0.717, 1.165) is 0 Å². The molecule has 1 heterocycles. The zero-order chi connectivity index (χ0) is 15.3. The van der Waals surface area contributed by atoms with E-state index in [1.54, 1.807) is 0 Å². The molecule has 20 heavy (non-hydrogen) atoms. The minimum absolute atomic E-state index is 0.0154. The highest BCUT2D eigenvalue weighted by Crippen LogP contribution is 2.22. The smallest absolute Gasteiger partial charge is 0.407 e. The zero-order valence-electron chi connectivity index (χ0n) is 12.9. The van der Waals surface area contributed by atoms with Gasteiger partial charge in [0.2, 0.25) is 0 Å². The maximum atomic E-state index is 11.8. The number of amides is 1. The number of rotatable bonds is 3. The molecule has 0 bridgehead atoms. The van der Waals surface area contributed by atoms with Crippen molar-refractivity contribution in [3.8, 4) is 0 Å². The van der Waals surface area contributed by atoms with E-state index in [-0.39, 0.29) is 30.6 Å². The lowest BCUT2D eigenvalue weighted by Crippen LogP contribution is -2.46. The number of alkyl carbamates (subject to hydrolysis) is 1. The number of esters is 1. The first-order valence-corrected chi connectivity index (χ1v) is 6.91. The SMILES string of the molecule is COC(=O)C[C@@H]1C[C@H](NC(=O)OC(C)(C)C)CC(C)O1. The van der Waals surface area contributed by atoms with Gasteiger partial charge in [0.25, 0.3) is 0 Å². The second-order valence-electron chi connectivity index (χ2n) is 6.16. The van der Waals surface area contributed by atoms with E-state index in [4.69, 9.17) is 9.47 Å². The fourth-order valence-corrected chi connectivity index (χ4v) is 2.25. The lowest BCUT2D eigenvalue weighted by Gasteiger charge is -2.34. The molecule has 6 heteroatoms. The average Bonchev–Trinajstić information content (AvgIpc) is 2.24. The predicted molar refractivity (Wildman–Crippen MR) is 73.4 cm³/mol. The fourth-order valence-electron chi connectivity index (χ4n) is 2.25. The molecular weight excluding hydrogens is 262 g/mol. The molecule has 0 aromatic heterocycles. The van der Waals surface area contributed by atoms with Crippen LogP contribution in [0.2, 0.25) is 0 Å². The third kappa shape index (κ3) is 6.23. The minimum atomic E-state index is -0.522. The maximum absolute atomic E-state index is 11.8. The van der Waals surface area contributed by atoms with Crippen LogP contribution in [0.3, 0.4) is 0 Å². The molecule has 1 amide bonds. The van der Waals surface area contributed by atoms with E-state index in [1.165, 1.54) is 7.11 Å². The first-order valence-electron chi connectivity index (χ1n) is 6.91. The summed E-state index contributed by atoms with van der Waals surface area (Å²) in [6.45, 7) is 7.38. The molecule has 0 spiro atoms. The summed E-state index contributed by atoms with van der Waals surface area (Å²) in [5.74, 6) is -0.305. The summed E-state index contributed by atoms with van der Waals surface area (Å²) in [4.78, 5) is 23.0. The summed E-state index contributed by atoms with van der Waals surface area (Å²) < 4.78 is 15.5. The molecule has 1 fully saturated rings. The summed E-state index contributed by atoms with van der Waals surface area (Å²) in [6, 6.07) is -0.0525. The maximum Gasteiger partial charge on any atom is 0.407 e. The number of carbonyl (C=O) groups is 2. The van der Waals surface area contributed by atoms with E-state index < -0.39 is 11.7 Å². The minimum Gasteiger partial charge on any atom is -0.469 e. The van der Waals surface area contributed by atoms with Gasteiger partial charge in [0, 0.05) is 6.04 Å². The number of carbonyl (C=O) groups excluding carboxylic acids is 2. The molecule has 3 atom stereocenters. The first-order chi connectivity index (χ1) is 9.19. The Kier molecular flexibility index (Phi) is 5.80. The van der Waals surface area contributed by atoms with Crippen molar-refractivity contribution in [1.29, 1.82) is 0 Å². The second-order valence-corrected chi connectivity index (χ2v) is 6.16. The van der Waals surface area contributed by atoms with E-state index in [9.17, 15) is 9.59 Å². The number of hydrogen-bond acceptors (Lipinski definition) is 5. The second kappa shape index (κ2) is 6.92. The molecule has 0 aromatic carbocycles. The molecule has 1 N–H and O–H groups in total. The highest BCUT2D eigenvalue weighted by Gasteiger charge is 2.30. The van der Waals surface area contributed by atoms with Crippen molar-refractivity contribution in [1.82, 2.24) is 5.32 Å². The van der Waals surface area contributed by atoms with Crippen LogP contribution in [0.15, 0.2) is 0 Å². The van der Waals surface area contributed by atoms with Gasteiger partial charge in [-0.25, -0.2) is 4.79 Å². The van der Waals surface area contributed by atoms with Crippen molar-refractivity contribution in [2.24, 2.45) is 0 Å². The highest BCUT2D eigenvalue weighted by molar-refractivity contribution is 5.70. The predicted octanol–water partition coefficient (Wildman–Crippen LogP) is 2.01. The van der Waals surface area contributed by atoms with Crippen LogP contribution >= 0.6 is 0 Å². The number of nitrogens with one attached hydrogen (secondary N) is 1. The van der Waals surface area contributed by atoms with Crippen molar-refractivity contribution in [3.63, 3.8) is 0 Å². The third-order valence-corrected chi connectivity index (χ3v) is 2.93. The van der Waals surface area contributed by atoms with Gasteiger partial charge >= 0.3 is 12.1 Å². The van der Waals surface area contributed by atoms with Gasteiger partial charge in [0.05, 0.1) is 25.7 Å². The molecular formula is C14H25NO5. The Balaban J connectivity index is 2.49. The van der Waals surface area contributed by atoms with Crippen LogP contribution in [0.1, 0.15) is 47.0 Å². The monoisotopic (exact) mass is 287 g/mol. The number of hydrogen-bond donors (Lipinski definition) is 1. The molecule has 1 aliphatic rings. The van der Waals surface area contributed by atoms with Gasteiger partial charge in [-0.2, -0.15) is 0 Å². The van der Waals surface area contributed by atoms with Crippen LogP contribution in [-0.4, -0.2) is 43.0 Å². The molecule has 1 rings (SSSR count). The number of methoxy groups -OCH3 is 1. The van der Waals surface area contributed by atoms with E-state index in [2.05, 4.69) is 10.1 Å². The lowest BCUT2D eigenvalue weighted by atomic mass is 9.97. The van der Waals surface area contributed by atoms with E-state index >= 15 is 0 Å². The third-order valence-electron chi connectivity index (χ3n) is 2.93. The van der Waals surface area contributed by atoms with Crippen molar-refractivity contribution in [2.75, 3.05) is 7.11 Å². The summed E-state index contributed by atoms with van der Waals surface area (Å²) >= 11 is 0. The van der Waals surface area contributed by atoms with E-state index in [0.29, 0.717) is 12.8 Å². The Bertz CT molecular complexity index is 350. The van der Waals surface area contributed by atoms with Crippen LogP contribution < -0.4 is 5.32 Å². The van der Waals surface area contributed by atoms with Crippen molar-refractivity contribution < 1.29 is 23.8 Å². The van der Waals surface area contributed by atoms with Gasteiger partial charge in [-0.05, 0) is 40.5 Å². The van der Waals surface area contributed by atoms with Crippen LogP contribution in [0.5, 0.6) is 0 Å². The Morgan fingerprint density at radius 3 is 2.50 bits per heavy atom. The summed E-state index contributed by atoms with van der Waals surface area (Å²) in [5, 5.41) is 2.83. The Hall–Kier alpha value is -1.30. The highest BCUT2D eigenvalue weighted by atomic mass is 16.6. The molecule has 0 radical (unpaired) electrons. The van der Waals surface area contributed by atoms with Gasteiger partial charge in [0.15, 0.2) is 0 Å². The molecule has 0 aliphatic carbocycles. The van der Waals surface area contributed by atoms with Crippen LogP contribution in [0.25, 0.3) is 0 Å². The first kappa shape index (κ1) is 16.8. The number of ether oxygens (including phenoxy) is 3. The van der Waals surface area contributed by atoms with Crippen LogP contribution in [-0.2, 0) is 19.0 Å². The van der Waals surface area contributed by atoms with Gasteiger partial charge in [-0.1, -0.05) is 0 Å². The van der Waals surface area contributed by atoms with Crippen molar-refractivity contribution >= 4 is 12.1 Å². The molecule has 1 saturated heterocycles. The van der Waals surface area contributed by atoms with Gasteiger partial charge < -0.3 is 19.5 Å². The molecule has 0 aromatic rings. The normalized spacial score (nSPS) is 26.8. The van der Waals surface area contributed by atoms with Crippen molar-refractivity contribution in [2.45, 2.75) is 70.8 Å². The van der Waals surface area contributed by atoms with Gasteiger partial charge in [0.1, 0.15) is 5.60 Å². The summed E-state index contributed by atoms with van der Waals surface area (Å²) in [5.41, 5.74) is -0.522. The molecule has 6 nitrogen and oxygen atoms in total. The van der Waals surface area contributed by atoms with Crippen molar-refractivity contribution in [3.05, 3.63) is 0 Å². The average molecular weight is 287 g/mol. The Morgan fingerprint density at radius 1 is 1.30 bits per heavy atom. The summed E-state index contributed by atoms with van der Waals surface area (Å²) in [6.07, 6.45) is 0.807. The Morgan fingerprint density at radius 2 is 1.95 bits per heavy atom. The molecule has 1 aliphatic heterocycles. The van der Waals surface area contributed by atoms with Gasteiger partial charge in [-0.15, -0.1) is 0 Å². The molecule has 116 valence electrons. The quantitative estimate of drug-likeness (QED) is 0.804. The standard InChI is InChI=1S/C14H25NO5/c1-9-6-10(15-13(17)20-14(2,3)4)7-11(19-9)8-12(16)18-5/h9-11H,6-8H2,1-5H3,(H,15,17)/t9?,10-,11+/m1/s1. The topological polar surface area (TPSA) is 73.9 Å². The van der Waals surface area contributed by atoms with Crippen LogP contribution in [0.4, 0.5) is 4.79 Å². The zero-order valence-corrected chi connectivity index (χ0v) is 12.9. The van der Waals surface area contributed by atoms with Crippen LogP contribution in [0, 0.1) is 0 Å². The fraction of sp³-hybridized carbons (Fsp3) is 0.857. The van der Waals surface area contributed by atoms with E-state index in [1.807, 2.05) is 27.7 Å². The Labute approximate surface area is 120 Å². The lowest BCUT2D eigenvalue weighted by molar-refractivity contribution is -0.146. The van der Waals surface area contributed by atoms with Gasteiger partial charge in [-0.3, -0.25) is 4.79 Å². The summed E-state index contributed by atoms with van der Waals surface area (Å²) in [7, 11) is 1.35. The molecule has 1 unspecified atom stereocenters. The largest absolute Gasteiger partial charge is 0.469 e.